The first-order valence-electron chi connectivity index (χ1n) is 7.26. The summed E-state index contributed by atoms with van der Waals surface area (Å²) in [5.41, 5.74) is 5.00. The highest BCUT2D eigenvalue weighted by molar-refractivity contribution is 5.96. The summed E-state index contributed by atoms with van der Waals surface area (Å²) < 4.78 is 5.88. The smallest absolute Gasteiger partial charge is 0.269 e. The molecule has 6 nitrogen and oxygen atoms in total. The van der Waals surface area contributed by atoms with E-state index in [2.05, 4.69) is 29.5 Å². The molecule has 0 radical (unpaired) electrons. The Bertz CT molecular complexity index is 647. The van der Waals surface area contributed by atoms with Crippen LogP contribution in [0, 0.1) is 6.92 Å². The molecule has 0 fully saturated rings. The monoisotopic (exact) mass is 302 g/mol. The third kappa shape index (κ3) is 3.28. The zero-order valence-corrected chi connectivity index (χ0v) is 13.3. The number of rotatable bonds is 5. The van der Waals surface area contributed by atoms with Gasteiger partial charge in [0.25, 0.3) is 5.91 Å². The Morgan fingerprint density at radius 1 is 1.27 bits per heavy atom. The fraction of sp³-hybridized carbons (Fsp3) is 0.375. The van der Waals surface area contributed by atoms with Crippen LogP contribution < -0.4 is 16.0 Å². The number of hydrazine groups is 1. The maximum Gasteiger partial charge on any atom is 0.269 e. The summed E-state index contributed by atoms with van der Waals surface area (Å²) in [6.07, 6.45) is -0.373. The molecule has 2 rings (SSSR count). The third-order valence-corrected chi connectivity index (χ3v) is 3.58. The number of hydrogen-bond acceptors (Lipinski definition) is 4. The molecule has 1 heterocycles. The molecule has 1 atom stereocenters. The average molecular weight is 302 g/mol. The maximum absolute atomic E-state index is 11.8. The van der Waals surface area contributed by atoms with Crippen molar-refractivity contribution >= 4 is 5.91 Å². The number of aryl methyl sites for hydroxylation is 1. The number of amides is 1. The van der Waals surface area contributed by atoms with Gasteiger partial charge in [-0.25, -0.2) is 5.84 Å². The molecule has 0 bridgehead atoms. The number of aromatic nitrogens is 2. The zero-order valence-electron chi connectivity index (χ0n) is 13.3. The van der Waals surface area contributed by atoms with Crippen molar-refractivity contribution in [2.45, 2.75) is 39.7 Å². The van der Waals surface area contributed by atoms with E-state index in [4.69, 9.17) is 10.6 Å². The number of nitrogens with two attached hydrogens (primary N) is 1. The van der Waals surface area contributed by atoms with Crippen molar-refractivity contribution in [3.05, 3.63) is 46.8 Å². The zero-order chi connectivity index (χ0) is 16.3. The lowest BCUT2D eigenvalue weighted by Gasteiger charge is -2.15. The van der Waals surface area contributed by atoms with Crippen LogP contribution in [0.25, 0.3) is 0 Å². The quantitative estimate of drug-likeness (QED) is 0.449. The number of carbonyl (C=O) groups excluding carboxylic acids is 1. The fourth-order valence-electron chi connectivity index (χ4n) is 2.29. The van der Waals surface area contributed by atoms with Crippen LogP contribution in [0.2, 0.25) is 0 Å². The molecule has 0 aliphatic rings. The summed E-state index contributed by atoms with van der Waals surface area (Å²) in [6, 6.07) is 7.92. The number of carbonyl (C=O) groups is 1. The van der Waals surface area contributed by atoms with Gasteiger partial charge in [-0.1, -0.05) is 26.0 Å². The van der Waals surface area contributed by atoms with Gasteiger partial charge in [0.2, 0.25) is 0 Å². The van der Waals surface area contributed by atoms with Crippen LogP contribution in [0.15, 0.2) is 24.3 Å². The van der Waals surface area contributed by atoms with Gasteiger partial charge in [-0.15, -0.1) is 0 Å². The standard InChI is InChI=1S/C16H22N4O2/c1-9(2)12-5-7-13(8-6-12)22-11(4)15-14(16(21)18-17)10(3)19-20-15/h5-9,11H,17H2,1-4H3,(H,18,21)(H,19,20). The summed E-state index contributed by atoms with van der Waals surface area (Å²) >= 11 is 0. The molecule has 0 saturated heterocycles. The van der Waals surface area contributed by atoms with Crippen molar-refractivity contribution in [3.63, 3.8) is 0 Å². The minimum absolute atomic E-state index is 0.373. The van der Waals surface area contributed by atoms with Gasteiger partial charge < -0.3 is 4.74 Å². The van der Waals surface area contributed by atoms with Gasteiger partial charge >= 0.3 is 0 Å². The molecular weight excluding hydrogens is 280 g/mol. The second-order valence-corrected chi connectivity index (χ2v) is 5.57. The number of nitrogen functional groups attached to an aromatic ring is 1. The lowest BCUT2D eigenvalue weighted by molar-refractivity contribution is 0.0948. The first kappa shape index (κ1) is 16.0. The van der Waals surface area contributed by atoms with Crippen LogP contribution in [-0.4, -0.2) is 16.1 Å². The number of nitrogens with zero attached hydrogens (tertiary/aromatic N) is 1. The van der Waals surface area contributed by atoms with E-state index >= 15 is 0 Å². The SMILES string of the molecule is Cc1[nH]nc(C(C)Oc2ccc(C(C)C)cc2)c1C(=O)NN. The van der Waals surface area contributed by atoms with E-state index in [-0.39, 0.29) is 12.0 Å². The number of ether oxygens (including phenoxy) is 1. The normalized spacial score (nSPS) is 12.3. The molecule has 22 heavy (non-hydrogen) atoms. The summed E-state index contributed by atoms with van der Waals surface area (Å²) in [7, 11) is 0. The molecule has 1 aromatic carbocycles. The molecule has 118 valence electrons. The van der Waals surface area contributed by atoms with Gasteiger partial charge in [0.1, 0.15) is 17.5 Å². The van der Waals surface area contributed by atoms with Crippen molar-refractivity contribution in [2.24, 2.45) is 5.84 Å². The Morgan fingerprint density at radius 3 is 2.45 bits per heavy atom. The lowest BCUT2D eigenvalue weighted by atomic mass is 10.0. The van der Waals surface area contributed by atoms with Crippen LogP contribution >= 0.6 is 0 Å². The predicted molar refractivity (Wildman–Crippen MR) is 84.6 cm³/mol. The largest absolute Gasteiger partial charge is 0.484 e. The number of nitrogens with one attached hydrogen (secondary N) is 2. The second-order valence-electron chi connectivity index (χ2n) is 5.57. The highest BCUT2D eigenvalue weighted by Crippen LogP contribution is 2.25. The topological polar surface area (TPSA) is 93.0 Å². The lowest BCUT2D eigenvalue weighted by Crippen LogP contribution is -2.31. The second kappa shape index (κ2) is 6.62. The predicted octanol–water partition coefficient (Wildman–Crippen LogP) is 2.59. The van der Waals surface area contributed by atoms with Crippen molar-refractivity contribution in [3.8, 4) is 5.75 Å². The van der Waals surface area contributed by atoms with Crippen LogP contribution in [0.5, 0.6) is 5.75 Å². The summed E-state index contributed by atoms with van der Waals surface area (Å²) in [5, 5.41) is 6.96. The van der Waals surface area contributed by atoms with Crippen LogP contribution in [-0.2, 0) is 0 Å². The fourth-order valence-corrected chi connectivity index (χ4v) is 2.29. The Morgan fingerprint density at radius 2 is 1.91 bits per heavy atom. The highest BCUT2D eigenvalue weighted by atomic mass is 16.5. The maximum atomic E-state index is 11.8. The molecule has 0 spiro atoms. The van der Waals surface area contributed by atoms with Crippen molar-refractivity contribution in [2.75, 3.05) is 0 Å². The molecule has 6 heteroatoms. The Balaban J connectivity index is 2.19. The van der Waals surface area contributed by atoms with Gasteiger partial charge in [-0.3, -0.25) is 15.3 Å². The molecule has 1 amide bonds. The average Bonchev–Trinajstić information content (AvgIpc) is 2.89. The molecule has 1 unspecified atom stereocenters. The Kier molecular flexibility index (Phi) is 4.82. The minimum atomic E-state index is -0.383. The van der Waals surface area contributed by atoms with Gasteiger partial charge in [0.05, 0.1) is 5.56 Å². The third-order valence-electron chi connectivity index (χ3n) is 3.58. The van der Waals surface area contributed by atoms with Crippen LogP contribution in [0.4, 0.5) is 0 Å². The van der Waals surface area contributed by atoms with Crippen molar-refractivity contribution in [1.29, 1.82) is 0 Å². The number of aromatic amines is 1. The minimum Gasteiger partial charge on any atom is -0.484 e. The molecule has 4 N–H and O–H groups in total. The van der Waals surface area contributed by atoms with Gasteiger partial charge in [0.15, 0.2) is 0 Å². The molecule has 0 saturated carbocycles. The van der Waals surface area contributed by atoms with Gasteiger partial charge in [-0.05, 0) is 37.5 Å². The van der Waals surface area contributed by atoms with Crippen molar-refractivity contribution in [1.82, 2.24) is 15.6 Å². The van der Waals surface area contributed by atoms with E-state index in [1.54, 1.807) is 6.92 Å². The molecule has 1 aromatic heterocycles. The number of hydrogen-bond donors (Lipinski definition) is 3. The summed E-state index contributed by atoms with van der Waals surface area (Å²) in [6.45, 7) is 7.90. The molecule has 0 aliphatic heterocycles. The summed E-state index contributed by atoms with van der Waals surface area (Å²) in [5.74, 6) is 6.04. The first-order chi connectivity index (χ1) is 10.4. The van der Waals surface area contributed by atoms with E-state index in [0.717, 1.165) is 5.75 Å². The van der Waals surface area contributed by atoms with E-state index in [0.29, 0.717) is 22.9 Å². The van der Waals surface area contributed by atoms with E-state index in [1.807, 2.05) is 31.2 Å². The van der Waals surface area contributed by atoms with Crippen LogP contribution in [0.3, 0.4) is 0 Å². The Labute approximate surface area is 130 Å². The Hall–Kier alpha value is -2.34. The van der Waals surface area contributed by atoms with Gasteiger partial charge in [0, 0.05) is 5.69 Å². The van der Waals surface area contributed by atoms with Crippen molar-refractivity contribution < 1.29 is 9.53 Å². The number of benzene rings is 1. The van der Waals surface area contributed by atoms with E-state index in [9.17, 15) is 4.79 Å². The molecular formula is C16H22N4O2. The number of H-pyrrole nitrogens is 1. The van der Waals surface area contributed by atoms with Gasteiger partial charge in [-0.2, -0.15) is 5.10 Å². The highest BCUT2D eigenvalue weighted by Gasteiger charge is 2.23. The molecule has 2 aromatic rings. The molecule has 0 aliphatic carbocycles. The van der Waals surface area contributed by atoms with E-state index < -0.39 is 0 Å². The van der Waals surface area contributed by atoms with Crippen LogP contribution in [0.1, 0.15) is 60.1 Å². The summed E-state index contributed by atoms with van der Waals surface area (Å²) in [4.78, 5) is 11.8. The first-order valence-corrected chi connectivity index (χ1v) is 7.26. The van der Waals surface area contributed by atoms with E-state index in [1.165, 1.54) is 5.56 Å².